The van der Waals surface area contributed by atoms with Gasteiger partial charge in [0, 0.05) is 25.4 Å². The molecule has 1 rings (SSSR count). The van der Waals surface area contributed by atoms with Crippen molar-refractivity contribution in [2.24, 2.45) is 0 Å². The number of hydrogen-bond acceptors (Lipinski definition) is 8. The molecule has 1 heterocycles. The van der Waals surface area contributed by atoms with E-state index in [4.69, 9.17) is 24.6 Å². The van der Waals surface area contributed by atoms with Crippen LogP contribution in [0.25, 0.3) is 0 Å². The summed E-state index contributed by atoms with van der Waals surface area (Å²) in [4.78, 5) is 8.09. The fourth-order valence-corrected chi connectivity index (χ4v) is 1.53. The van der Waals surface area contributed by atoms with Gasteiger partial charge in [0.25, 0.3) is 0 Å². The monoisotopic (exact) mass is 368 g/mol. The van der Waals surface area contributed by atoms with Crippen LogP contribution in [-0.4, -0.2) is 101 Å². The van der Waals surface area contributed by atoms with Crippen molar-refractivity contribution in [3.05, 3.63) is 23.9 Å². The molecule has 0 aliphatic rings. The SMILES string of the molecule is CN(C)CCOCCO.CN(C)CCOCCOc1cc(C#N)ccn1. The highest BCUT2D eigenvalue weighted by atomic mass is 16.5. The molecule has 8 nitrogen and oxygen atoms in total. The Hall–Kier alpha value is -1.76. The van der Waals surface area contributed by atoms with Crippen LogP contribution in [0.5, 0.6) is 5.88 Å². The Labute approximate surface area is 156 Å². The molecule has 0 atom stereocenters. The van der Waals surface area contributed by atoms with Gasteiger partial charge < -0.3 is 29.1 Å². The maximum atomic E-state index is 8.69. The zero-order valence-electron chi connectivity index (χ0n) is 16.3. The highest BCUT2D eigenvalue weighted by Gasteiger charge is 1.97. The van der Waals surface area contributed by atoms with Gasteiger partial charge in [0.2, 0.25) is 5.88 Å². The molecule has 0 aliphatic heterocycles. The smallest absolute Gasteiger partial charge is 0.214 e. The molecule has 8 heteroatoms. The minimum atomic E-state index is 0.118. The third-order valence-corrected chi connectivity index (χ3v) is 2.94. The molecule has 0 saturated carbocycles. The van der Waals surface area contributed by atoms with Gasteiger partial charge in [-0.2, -0.15) is 5.26 Å². The van der Waals surface area contributed by atoms with Crippen molar-refractivity contribution in [2.75, 3.05) is 80.9 Å². The topological polar surface area (TPSA) is 91.1 Å². The summed E-state index contributed by atoms with van der Waals surface area (Å²) < 4.78 is 15.7. The van der Waals surface area contributed by atoms with Gasteiger partial charge in [0.15, 0.2) is 0 Å². The first-order chi connectivity index (χ1) is 12.5. The summed E-state index contributed by atoms with van der Waals surface area (Å²) in [5.74, 6) is 0.459. The quantitative estimate of drug-likeness (QED) is 0.532. The molecular formula is C18H32N4O4. The number of aliphatic hydroxyl groups is 1. The Morgan fingerprint density at radius 2 is 1.62 bits per heavy atom. The van der Waals surface area contributed by atoms with E-state index in [9.17, 15) is 0 Å². The summed E-state index contributed by atoms with van der Waals surface area (Å²) in [5, 5.41) is 17.0. The normalized spacial score (nSPS) is 10.4. The fraction of sp³-hybridized carbons (Fsp3) is 0.667. The first-order valence-corrected chi connectivity index (χ1v) is 8.54. The first kappa shape index (κ1) is 24.2. The standard InChI is InChI=1S/C12H17N3O2.C6H15NO2/c1-15(2)5-6-16-7-8-17-12-9-11(10-13)3-4-14-12;1-7(2)3-5-9-6-4-8/h3-4,9H,5-8H2,1-2H3;8H,3-6H2,1-2H3. The highest BCUT2D eigenvalue weighted by molar-refractivity contribution is 5.31. The Balaban J connectivity index is 0.000000590. The number of nitrogens with zero attached hydrogens (tertiary/aromatic N) is 4. The molecule has 0 aromatic carbocycles. The van der Waals surface area contributed by atoms with Crippen LogP contribution >= 0.6 is 0 Å². The number of pyridine rings is 1. The van der Waals surface area contributed by atoms with Gasteiger partial charge >= 0.3 is 0 Å². The maximum Gasteiger partial charge on any atom is 0.214 e. The van der Waals surface area contributed by atoms with Gasteiger partial charge in [-0.25, -0.2) is 4.98 Å². The predicted octanol–water partition coefficient (Wildman–Crippen LogP) is 0.467. The van der Waals surface area contributed by atoms with Gasteiger partial charge in [-0.1, -0.05) is 0 Å². The second kappa shape index (κ2) is 16.7. The maximum absolute atomic E-state index is 8.69. The third kappa shape index (κ3) is 15.7. The van der Waals surface area contributed by atoms with Crippen molar-refractivity contribution < 1.29 is 19.3 Å². The number of nitriles is 1. The van der Waals surface area contributed by atoms with E-state index in [2.05, 4.69) is 9.88 Å². The minimum Gasteiger partial charge on any atom is -0.475 e. The molecule has 0 radical (unpaired) electrons. The fourth-order valence-electron chi connectivity index (χ4n) is 1.53. The lowest BCUT2D eigenvalue weighted by molar-refractivity contribution is 0.0821. The van der Waals surface area contributed by atoms with Gasteiger partial charge in [0.05, 0.1) is 44.7 Å². The highest BCUT2D eigenvalue weighted by Crippen LogP contribution is 2.07. The number of aromatic nitrogens is 1. The van der Waals surface area contributed by atoms with Crippen LogP contribution in [0.2, 0.25) is 0 Å². The van der Waals surface area contributed by atoms with Gasteiger partial charge in [-0.15, -0.1) is 0 Å². The van der Waals surface area contributed by atoms with Crippen LogP contribution in [0.4, 0.5) is 0 Å². The lowest BCUT2D eigenvalue weighted by Gasteiger charge is -2.10. The van der Waals surface area contributed by atoms with E-state index < -0.39 is 0 Å². The molecule has 0 bridgehead atoms. The van der Waals surface area contributed by atoms with Crippen molar-refractivity contribution in [3.63, 3.8) is 0 Å². The number of ether oxygens (including phenoxy) is 3. The lowest BCUT2D eigenvalue weighted by Crippen LogP contribution is -2.19. The van der Waals surface area contributed by atoms with E-state index in [1.54, 1.807) is 18.3 Å². The number of aliphatic hydroxyl groups excluding tert-OH is 1. The molecule has 148 valence electrons. The first-order valence-electron chi connectivity index (χ1n) is 8.54. The zero-order valence-corrected chi connectivity index (χ0v) is 16.3. The van der Waals surface area contributed by atoms with Crippen LogP contribution in [-0.2, 0) is 9.47 Å². The van der Waals surface area contributed by atoms with Crippen LogP contribution in [0, 0.1) is 11.3 Å². The third-order valence-electron chi connectivity index (χ3n) is 2.94. The zero-order chi connectivity index (χ0) is 19.6. The second-order valence-electron chi connectivity index (χ2n) is 5.90. The van der Waals surface area contributed by atoms with E-state index in [-0.39, 0.29) is 6.61 Å². The predicted molar refractivity (Wildman–Crippen MR) is 100 cm³/mol. The molecule has 1 aromatic rings. The van der Waals surface area contributed by atoms with Gasteiger partial charge in [0.1, 0.15) is 6.61 Å². The lowest BCUT2D eigenvalue weighted by atomic mass is 10.3. The Morgan fingerprint density at radius 1 is 1.00 bits per heavy atom. The van der Waals surface area contributed by atoms with E-state index >= 15 is 0 Å². The molecular weight excluding hydrogens is 336 g/mol. The van der Waals surface area contributed by atoms with Gasteiger partial charge in [-0.3, -0.25) is 0 Å². The average molecular weight is 368 g/mol. The molecule has 1 N–H and O–H groups in total. The Bertz CT molecular complexity index is 492. The van der Waals surface area contributed by atoms with Crippen LogP contribution in [0.1, 0.15) is 5.56 Å². The molecule has 0 saturated heterocycles. The van der Waals surface area contributed by atoms with Gasteiger partial charge in [-0.05, 0) is 34.3 Å². The van der Waals surface area contributed by atoms with Crippen molar-refractivity contribution in [1.82, 2.24) is 14.8 Å². The molecule has 26 heavy (non-hydrogen) atoms. The Morgan fingerprint density at radius 3 is 2.15 bits per heavy atom. The van der Waals surface area contributed by atoms with Crippen LogP contribution in [0.15, 0.2) is 18.3 Å². The van der Waals surface area contributed by atoms with Crippen LogP contribution in [0.3, 0.4) is 0 Å². The molecule has 0 unspecified atom stereocenters. The van der Waals surface area contributed by atoms with E-state index in [1.165, 1.54) is 0 Å². The summed E-state index contributed by atoms with van der Waals surface area (Å²) in [6.07, 6.45) is 1.56. The summed E-state index contributed by atoms with van der Waals surface area (Å²) in [5.41, 5.74) is 0.545. The van der Waals surface area contributed by atoms with E-state index in [0.717, 1.165) is 13.1 Å². The molecule has 0 fully saturated rings. The summed E-state index contributed by atoms with van der Waals surface area (Å²) >= 11 is 0. The number of likely N-dealkylation sites (N-methyl/N-ethyl adjacent to an activating group) is 2. The van der Waals surface area contributed by atoms with E-state index in [1.807, 2.05) is 39.2 Å². The molecule has 1 aromatic heterocycles. The van der Waals surface area contributed by atoms with Crippen molar-refractivity contribution >= 4 is 0 Å². The summed E-state index contributed by atoms with van der Waals surface area (Å²) in [6, 6.07) is 5.28. The summed E-state index contributed by atoms with van der Waals surface area (Å²) in [6.45, 7) is 4.72. The molecule has 0 aliphatic carbocycles. The van der Waals surface area contributed by atoms with Crippen molar-refractivity contribution in [2.45, 2.75) is 0 Å². The number of hydrogen-bond donors (Lipinski definition) is 1. The average Bonchev–Trinajstić information content (AvgIpc) is 2.62. The summed E-state index contributed by atoms with van der Waals surface area (Å²) in [7, 11) is 7.97. The molecule has 0 spiro atoms. The Kier molecular flexibility index (Phi) is 15.6. The van der Waals surface area contributed by atoms with Crippen LogP contribution < -0.4 is 4.74 Å². The van der Waals surface area contributed by atoms with Crippen molar-refractivity contribution in [3.8, 4) is 11.9 Å². The minimum absolute atomic E-state index is 0.118. The van der Waals surface area contributed by atoms with E-state index in [0.29, 0.717) is 44.5 Å². The number of rotatable bonds is 12. The second-order valence-corrected chi connectivity index (χ2v) is 5.90. The largest absolute Gasteiger partial charge is 0.475 e. The van der Waals surface area contributed by atoms with Crippen molar-refractivity contribution in [1.29, 1.82) is 5.26 Å². The molecule has 0 amide bonds.